The van der Waals surface area contributed by atoms with E-state index in [0.29, 0.717) is 19.3 Å². The van der Waals surface area contributed by atoms with Crippen molar-refractivity contribution in [2.75, 3.05) is 13.2 Å². The lowest BCUT2D eigenvalue weighted by atomic mass is 9.99. The summed E-state index contributed by atoms with van der Waals surface area (Å²) in [6.45, 7) is 6.28. The molecule has 1 aliphatic carbocycles. The summed E-state index contributed by atoms with van der Waals surface area (Å²) in [5.41, 5.74) is 0. The summed E-state index contributed by atoms with van der Waals surface area (Å²) in [7, 11) is 0. The van der Waals surface area contributed by atoms with Crippen LogP contribution in [0.4, 0.5) is 0 Å². The second-order valence-corrected chi connectivity index (χ2v) is 18.9. The van der Waals surface area contributed by atoms with E-state index < -0.39 is 42.3 Å². The Morgan fingerprint density at radius 1 is 0.591 bits per heavy atom. The average molecular weight is 935 g/mol. The Balaban J connectivity index is 0. The van der Waals surface area contributed by atoms with Crippen LogP contribution in [0.5, 0.6) is 0 Å². The molecule has 0 saturated heterocycles. The molecule has 0 radical (unpaired) electrons. The molecule has 1 aliphatic rings. The first kappa shape index (κ1) is 65.4. The lowest BCUT2D eigenvalue weighted by molar-refractivity contribution is -0.145. The van der Waals surface area contributed by atoms with Gasteiger partial charge in [-0.05, 0) is 63.7 Å². The van der Waals surface area contributed by atoms with Crippen LogP contribution >= 0.6 is 0 Å². The van der Waals surface area contributed by atoms with Gasteiger partial charge >= 0.3 is 17.9 Å². The number of carbonyl (C=O) groups excluding carboxylic acids is 2. The van der Waals surface area contributed by atoms with Crippen molar-refractivity contribution in [1.29, 1.82) is 0 Å². The molecule has 0 aromatic carbocycles. The summed E-state index contributed by atoms with van der Waals surface area (Å²) in [5.74, 6) is 2.09. The summed E-state index contributed by atoms with van der Waals surface area (Å²) in [4.78, 5) is 31.6. The van der Waals surface area contributed by atoms with Crippen LogP contribution in [-0.4, -0.2) is 81.1 Å². The first-order chi connectivity index (χ1) is 31.9. The predicted molar refractivity (Wildman–Crippen MR) is 272 cm³/mol. The van der Waals surface area contributed by atoms with Gasteiger partial charge in [0.15, 0.2) is 0 Å². The second-order valence-electron chi connectivity index (χ2n) is 18.9. The summed E-state index contributed by atoms with van der Waals surface area (Å²) >= 11 is 0. The first-order valence-corrected chi connectivity index (χ1v) is 26.8. The Kier molecular flexibility index (Phi) is 51.2. The minimum absolute atomic E-state index is 0.0286. The standard InChI is InChI=1S/C19H36O4.C19H34O4.C18H32O2/c2*1-3-4-5-6-7-8-9-10-11-12-13-14-18(21)15-19(22)16-23-17(2)20;19-18(20)16-10-8-6-4-2-1-3-5-7-9-13-17-14-11-12-15-17/h3,18-19,21-22H,1,4-16H2,2H3;1,18-19,21-22H,4-16H2,2H3;11,14,17H,1-10,12-13,15-16H2,(H,19,20). The predicted octanol–water partition coefficient (Wildman–Crippen LogP) is 13.4. The monoisotopic (exact) mass is 935 g/mol. The molecule has 66 heavy (non-hydrogen) atoms. The molecule has 0 saturated carbocycles. The van der Waals surface area contributed by atoms with Crippen molar-refractivity contribution in [3.05, 3.63) is 24.8 Å². The van der Waals surface area contributed by atoms with Crippen molar-refractivity contribution in [1.82, 2.24) is 0 Å². The molecule has 10 heteroatoms. The molecule has 0 aliphatic heterocycles. The van der Waals surface area contributed by atoms with E-state index >= 15 is 0 Å². The van der Waals surface area contributed by atoms with E-state index in [9.17, 15) is 34.8 Å². The molecule has 0 bridgehead atoms. The minimum Gasteiger partial charge on any atom is -0.481 e. The van der Waals surface area contributed by atoms with Crippen molar-refractivity contribution >= 4 is 17.9 Å². The third-order valence-corrected chi connectivity index (χ3v) is 12.2. The third kappa shape index (κ3) is 55.6. The summed E-state index contributed by atoms with van der Waals surface area (Å²) < 4.78 is 9.42. The van der Waals surface area contributed by atoms with Gasteiger partial charge in [-0.15, -0.1) is 18.9 Å². The molecule has 0 aromatic heterocycles. The fraction of sp³-hybridized carbons (Fsp3) is 0.839. The maximum absolute atomic E-state index is 10.6. The van der Waals surface area contributed by atoms with Gasteiger partial charge in [-0.25, -0.2) is 0 Å². The summed E-state index contributed by atoms with van der Waals surface area (Å²) in [6.07, 6.45) is 52.4. The number of hydrogen-bond donors (Lipinski definition) is 5. The number of rotatable bonds is 44. The molecule has 0 heterocycles. The van der Waals surface area contributed by atoms with E-state index in [-0.39, 0.29) is 26.1 Å². The van der Waals surface area contributed by atoms with Crippen LogP contribution in [0.25, 0.3) is 0 Å². The molecule has 5 unspecified atom stereocenters. The van der Waals surface area contributed by atoms with Crippen LogP contribution in [-0.2, 0) is 23.9 Å². The SMILES string of the molecule is C#CCCCCCCCCCCCC(O)CC(O)COC(C)=O.C=CCCCCCCCCCCCC(O)CC(O)COC(C)=O.O=C(O)CCCCCCCCCCCCC1C=CCC1. The van der Waals surface area contributed by atoms with E-state index in [2.05, 4.69) is 24.7 Å². The number of carboxylic acid groups (broad SMARTS) is 1. The van der Waals surface area contributed by atoms with E-state index in [1.165, 1.54) is 168 Å². The number of esters is 2. The molecular weight excluding hydrogens is 833 g/mol. The van der Waals surface area contributed by atoms with E-state index in [4.69, 9.17) is 21.0 Å². The molecule has 10 nitrogen and oxygen atoms in total. The van der Waals surface area contributed by atoms with Gasteiger partial charge in [-0.1, -0.05) is 179 Å². The van der Waals surface area contributed by atoms with Crippen LogP contribution in [0.15, 0.2) is 24.8 Å². The zero-order valence-electron chi connectivity index (χ0n) is 42.5. The summed E-state index contributed by atoms with van der Waals surface area (Å²) in [6, 6.07) is 0. The zero-order chi connectivity index (χ0) is 49.1. The highest BCUT2D eigenvalue weighted by atomic mass is 16.5. The number of allylic oxidation sites excluding steroid dienone is 3. The maximum Gasteiger partial charge on any atom is 0.303 e. The summed E-state index contributed by atoms with van der Waals surface area (Å²) in [5, 5.41) is 47.4. The average Bonchev–Trinajstić information content (AvgIpc) is 3.80. The molecule has 0 fully saturated rings. The molecular formula is C56H102O10. The van der Waals surface area contributed by atoms with Crippen molar-refractivity contribution in [3.63, 3.8) is 0 Å². The van der Waals surface area contributed by atoms with Crippen LogP contribution in [0, 0.1) is 18.3 Å². The number of aliphatic hydroxyl groups excluding tert-OH is 4. The van der Waals surface area contributed by atoms with Crippen LogP contribution < -0.4 is 0 Å². The number of unbranched alkanes of at least 4 members (excludes halogenated alkanes) is 27. The van der Waals surface area contributed by atoms with E-state index in [1.807, 2.05) is 6.08 Å². The maximum atomic E-state index is 10.6. The fourth-order valence-electron chi connectivity index (χ4n) is 8.21. The lowest BCUT2D eigenvalue weighted by Gasteiger charge is -2.15. The molecule has 0 spiro atoms. The second kappa shape index (κ2) is 51.7. The largest absolute Gasteiger partial charge is 0.481 e. The Bertz CT molecular complexity index is 1170. The normalized spacial score (nSPS) is 14.7. The first-order valence-electron chi connectivity index (χ1n) is 26.8. The topological polar surface area (TPSA) is 171 Å². The van der Waals surface area contributed by atoms with Crippen molar-refractivity contribution < 1.29 is 49.4 Å². The molecule has 0 aromatic rings. The van der Waals surface area contributed by atoms with E-state index in [1.54, 1.807) is 0 Å². The molecule has 386 valence electrons. The Morgan fingerprint density at radius 3 is 1.33 bits per heavy atom. The number of hydrogen-bond acceptors (Lipinski definition) is 9. The van der Waals surface area contributed by atoms with Gasteiger partial charge in [0.25, 0.3) is 0 Å². The Hall–Kier alpha value is -2.71. The van der Waals surface area contributed by atoms with Crippen LogP contribution in [0.2, 0.25) is 0 Å². The number of terminal acetylenes is 1. The minimum atomic E-state index is -0.775. The van der Waals surface area contributed by atoms with Gasteiger partial charge < -0.3 is 35.0 Å². The lowest BCUT2D eigenvalue weighted by Crippen LogP contribution is -2.23. The number of carbonyl (C=O) groups is 3. The highest BCUT2D eigenvalue weighted by molar-refractivity contribution is 5.66. The van der Waals surface area contributed by atoms with E-state index in [0.717, 1.165) is 63.7 Å². The van der Waals surface area contributed by atoms with Gasteiger partial charge in [-0.3, -0.25) is 14.4 Å². The highest BCUT2D eigenvalue weighted by Gasteiger charge is 2.14. The zero-order valence-corrected chi connectivity index (χ0v) is 42.5. The van der Waals surface area contributed by atoms with Gasteiger partial charge in [0, 0.05) is 39.5 Å². The third-order valence-electron chi connectivity index (χ3n) is 12.2. The molecule has 5 atom stereocenters. The molecule has 0 amide bonds. The quantitative estimate of drug-likeness (QED) is 0.0171. The number of ether oxygens (including phenoxy) is 2. The van der Waals surface area contributed by atoms with Crippen molar-refractivity contribution in [3.8, 4) is 12.3 Å². The van der Waals surface area contributed by atoms with Crippen molar-refractivity contribution in [2.45, 2.75) is 282 Å². The highest BCUT2D eigenvalue weighted by Crippen LogP contribution is 2.23. The van der Waals surface area contributed by atoms with Crippen LogP contribution in [0.1, 0.15) is 258 Å². The van der Waals surface area contributed by atoms with Crippen molar-refractivity contribution in [2.24, 2.45) is 5.92 Å². The Morgan fingerprint density at radius 2 is 0.970 bits per heavy atom. The van der Waals surface area contributed by atoms with Gasteiger partial charge in [0.1, 0.15) is 13.2 Å². The van der Waals surface area contributed by atoms with Crippen LogP contribution in [0.3, 0.4) is 0 Å². The number of aliphatic carboxylic acids is 1. The molecule has 5 N–H and O–H groups in total. The van der Waals surface area contributed by atoms with Gasteiger partial charge in [0.2, 0.25) is 0 Å². The number of carboxylic acids is 1. The smallest absolute Gasteiger partial charge is 0.303 e. The van der Waals surface area contributed by atoms with Gasteiger partial charge in [0.05, 0.1) is 24.4 Å². The Labute approximate surface area is 404 Å². The van der Waals surface area contributed by atoms with Gasteiger partial charge in [-0.2, -0.15) is 0 Å². The molecule has 1 rings (SSSR count). The fourth-order valence-corrected chi connectivity index (χ4v) is 8.21. The number of aliphatic hydroxyl groups is 4.